The largest absolute Gasteiger partial charge is 0.454 e. The molecule has 34 heavy (non-hydrogen) atoms. The SMILES string of the molecule is O=C(Cn1cccc1-c1nc(-c2ccc3c(c2)OCO3)no1)N1CCN(c2ccccc2)CC1. The molecule has 1 fully saturated rings. The maximum Gasteiger partial charge on any atom is 0.274 e. The van der Waals surface area contributed by atoms with Crippen LogP contribution in [-0.4, -0.2) is 58.5 Å². The zero-order valence-corrected chi connectivity index (χ0v) is 18.5. The second kappa shape index (κ2) is 8.58. The van der Waals surface area contributed by atoms with Crippen molar-refractivity contribution in [3.05, 3.63) is 66.9 Å². The first-order valence-electron chi connectivity index (χ1n) is 11.2. The Morgan fingerprint density at radius 3 is 2.59 bits per heavy atom. The molecule has 4 heterocycles. The smallest absolute Gasteiger partial charge is 0.274 e. The first-order valence-corrected chi connectivity index (χ1v) is 11.2. The summed E-state index contributed by atoms with van der Waals surface area (Å²) in [5.41, 5.74) is 2.66. The van der Waals surface area contributed by atoms with Crippen LogP contribution in [0.15, 0.2) is 71.4 Å². The van der Waals surface area contributed by atoms with Gasteiger partial charge in [0.15, 0.2) is 11.5 Å². The van der Waals surface area contributed by atoms with Crippen LogP contribution >= 0.6 is 0 Å². The maximum atomic E-state index is 13.0. The number of anilines is 1. The number of rotatable bonds is 5. The van der Waals surface area contributed by atoms with Gasteiger partial charge in [-0.25, -0.2) is 0 Å². The number of amides is 1. The van der Waals surface area contributed by atoms with E-state index in [1.54, 1.807) is 0 Å². The molecule has 9 heteroatoms. The Morgan fingerprint density at radius 1 is 0.912 bits per heavy atom. The van der Waals surface area contributed by atoms with Gasteiger partial charge in [0.05, 0.1) is 0 Å². The van der Waals surface area contributed by atoms with Crippen LogP contribution in [0.25, 0.3) is 23.0 Å². The zero-order valence-electron chi connectivity index (χ0n) is 18.5. The maximum absolute atomic E-state index is 13.0. The lowest BCUT2D eigenvalue weighted by Crippen LogP contribution is -2.49. The molecule has 2 aliphatic heterocycles. The normalized spacial score (nSPS) is 15.1. The van der Waals surface area contributed by atoms with Gasteiger partial charge in [0.1, 0.15) is 12.2 Å². The van der Waals surface area contributed by atoms with Crippen LogP contribution in [-0.2, 0) is 11.3 Å². The Bertz CT molecular complexity index is 1310. The third kappa shape index (κ3) is 3.85. The van der Waals surface area contributed by atoms with Crippen molar-refractivity contribution in [2.45, 2.75) is 6.54 Å². The molecule has 0 unspecified atom stereocenters. The molecule has 0 aliphatic carbocycles. The van der Waals surface area contributed by atoms with E-state index in [0.29, 0.717) is 42.0 Å². The van der Waals surface area contributed by atoms with E-state index < -0.39 is 0 Å². The number of nitrogens with zero attached hydrogens (tertiary/aromatic N) is 5. The van der Waals surface area contributed by atoms with Gasteiger partial charge in [-0.05, 0) is 42.5 Å². The summed E-state index contributed by atoms with van der Waals surface area (Å²) in [5, 5.41) is 4.12. The minimum Gasteiger partial charge on any atom is -0.454 e. The van der Waals surface area contributed by atoms with Gasteiger partial charge in [0, 0.05) is 43.6 Å². The van der Waals surface area contributed by atoms with Crippen molar-refractivity contribution < 1.29 is 18.8 Å². The molecule has 172 valence electrons. The lowest BCUT2D eigenvalue weighted by Gasteiger charge is -2.36. The van der Waals surface area contributed by atoms with Gasteiger partial charge in [-0.3, -0.25) is 4.79 Å². The van der Waals surface area contributed by atoms with E-state index in [4.69, 9.17) is 14.0 Å². The molecule has 0 spiro atoms. The fourth-order valence-corrected chi connectivity index (χ4v) is 4.33. The highest BCUT2D eigenvalue weighted by Gasteiger charge is 2.23. The predicted molar refractivity (Wildman–Crippen MR) is 125 cm³/mol. The fraction of sp³-hybridized carbons (Fsp3) is 0.240. The van der Waals surface area contributed by atoms with Crippen molar-refractivity contribution in [2.24, 2.45) is 0 Å². The number of benzene rings is 2. The molecule has 1 amide bonds. The van der Waals surface area contributed by atoms with E-state index in [0.717, 1.165) is 18.7 Å². The van der Waals surface area contributed by atoms with Crippen LogP contribution in [0.3, 0.4) is 0 Å². The van der Waals surface area contributed by atoms with E-state index in [2.05, 4.69) is 27.2 Å². The van der Waals surface area contributed by atoms with Gasteiger partial charge in [-0.2, -0.15) is 4.98 Å². The highest BCUT2D eigenvalue weighted by molar-refractivity contribution is 5.77. The van der Waals surface area contributed by atoms with Crippen LogP contribution in [0.1, 0.15) is 0 Å². The number of fused-ring (bicyclic) bond motifs is 1. The third-order valence-electron chi connectivity index (χ3n) is 6.16. The van der Waals surface area contributed by atoms with Crippen molar-refractivity contribution in [3.8, 4) is 34.5 Å². The van der Waals surface area contributed by atoms with E-state index in [1.165, 1.54) is 5.69 Å². The summed E-state index contributed by atoms with van der Waals surface area (Å²) in [6.07, 6.45) is 1.86. The van der Waals surface area contributed by atoms with Crippen LogP contribution in [0.5, 0.6) is 11.5 Å². The first kappa shape index (κ1) is 20.3. The van der Waals surface area contributed by atoms with Gasteiger partial charge in [0.25, 0.3) is 5.89 Å². The van der Waals surface area contributed by atoms with Crippen LogP contribution < -0.4 is 14.4 Å². The molecule has 9 nitrogen and oxygen atoms in total. The van der Waals surface area contributed by atoms with E-state index in [-0.39, 0.29) is 19.2 Å². The van der Waals surface area contributed by atoms with E-state index >= 15 is 0 Å². The quantitative estimate of drug-likeness (QED) is 0.455. The summed E-state index contributed by atoms with van der Waals surface area (Å²) in [7, 11) is 0. The number of carbonyl (C=O) groups excluding carboxylic acids is 1. The third-order valence-corrected chi connectivity index (χ3v) is 6.16. The Morgan fingerprint density at radius 2 is 1.74 bits per heavy atom. The van der Waals surface area contributed by atoms with Gasteiger partial charge in [-0.1, -0.05) is 23.4 Å². The molecular formula is C25H23N5O4. The number of carbonyl (C=O) groups is 1. The van der Waals surface area contributed by atoms with Crippen LogP contribution in [0.4, 0.5) is 5.69 Å². The average Bonchev–Trinajstić information content (AvgIpc) is 3.64. The summed E-state index contributed by atoms with van der Waals surface area (Å²) >= 11 is 0. The zero-order chi connectivity index (χ0) is 22.9. The van der Waals surface area contributed by atoms with E-state index in [1.807, 2.05) is 64.2 Å². The number of para-hydroxylation sites is 1. The molecule has 6 rings (SSSR count). The number of piperazine rings is 1. The highest BCUT2D eigenvalue weighted by atomic mass is 16.7. The molecule has 2 aromatic heterocycles. The van der Waals surface area contributed by atoms with Gasteiger partial charge >= 0.3 is 0 Å². The molecule has 0 bridgehead atoms. The molecule has 0 N–H and O–H groups in total. The minimum atomic E-state index is 0.0701. The second-order valence-electron chi connectivity index (χ2n) is 8.22. The van der Waals surface area contributed by atoms with Gasteiger partial charge in [0.2, 0.25) is 18.5 Å². The number of hydrogen-bond donors (Lipinski definition) is 0. The van der Waals surface area contributed by atoms with Crippen LogP contribution in [0, 0.1) is 0 Å². The topological polar surface area (TPSA) is 85.9 Å². The molecule has 0 saturated carbocycles. The summed E-state index contributed by atoms with van der Waals surface area (Å²) in [5.74, 6) is 2.24. The molecule has 2 aliphatic rings. The van der Waals surface area contributed by atoms with Crippen molar-refractivity contribution in [2.75, 3.05) is 37.9 Å². The Balaban J connectivity index is 1.13. The summed E-state index contributed by atoms with van der Waals surface area (Å²) in [6, 6.07) is 19.6. The van der Waals surface area contributed by atoms with Crippen molar-refractivity contribution in [3.63, 3.8) is 0 Å². The highest BCUT2D eigenvalue weighted by Crippen LogP contribution is 2.35. The lowest BCUT2D eigenvalue weighted by molar-refractivity contribution is -0.132. The van der Waals surface area contributed by atoms with Crippen LogP contribution in [0.2, 0.25) is 0 Å². The summed E-state index contributed by atoms with van der Waals surface area (Å²) in [6.45, 7) is 3.44. The van der Waals surface area contributed by atoms with Gasteiger partial charge < -0.3 is 28.4 Å². The number of ether oxygens (including phenoxy) is 2. The molecule has 2 aromatic carbocycles. The van der Waals surface area contributed by atoms with Crippen molar-refractivity contribution >= 4 is 11.6 Å². The Hall–Kier alpha value is -4.27. The Labute approximate surface area is 196 Å². The standard InChI is InChI=1S/C25H23N5O4/c31-23(29-13-11-28(12-14-29)19-5-2-1-3-6-19)16-30-10-4-7-20(30)25-26-24(27-34-25)18-8-9-21-22(15-18)33-17-32-21/h1-10,15H,11-14,16-17H2. The average molecular weight is 457 g/mol. The Kier molecular flexibility index (Phi) is 5.14. The summed E-state index contributed by atoms with van der Waals surface area (Å²) < 4.78 is 18.2. The van der Waals surface area contributed by atoms with Crippen molar-refractivity contribution in [1.29, 1.82) is 0 Å². The lowest BCUT2D eigenvalue weighted by atomic mass is 10.2. The molecule has 0 radical (unpaired) electrons. The fourth-order valence-electron chi connectivity index (χ4n) is 4.33. The molecular weight excluding hydrogens is 434 g/mol. The second-order valence-corrected chi connectivity index (χ2v) is 8.22. The van der Waals surface area contributed by atoms with Crippen molar-refractivity contribution in [1.82, 2.24) is 19.6 Å². The molecule has 0 atom stereocenters. The summed E-state index contributed by atoms with van der Waals surface area (Å²) in [4.78, 5) is 21.8. The first-order chi connectivity index (χ1) is 16.7. The number of hydrogen-bond acceptors (Lipinski definition) is 7. The van der Waals surface area contributed by atoms with Gasteiger partial charge in [-0.15, -0.1) is 0 Å². The molecule has 1 saturated heterocycles. The monoisotopic (exact) mass is 457 g/mol. The number of aromatic nitrogens is 3. The molecule has 4 aromatic rings. The minimum absolute atomic E-state index is 0.0701. The van der Waals surface area contributed by atoms with E-state index in [9.17, 15) is 4.79 Å². The predicted octanol–water partition coefficient (Wildman–Crippen LogP) is 3.28.